The van der Waals surface area contributed by atoms with Crippen LogP contribution in [-0.4, -0.2) is 26.7 Å². The maximum atomic E-state index is 12.8. The Morgan fingerprint density at radius 1 is 0.964 bits per heavy atom. The van der Waals surface area contributed by atoms with Crippen LogP contribution in [0.2, 0.25) is 0 Å². The number of aromatic nitrogens is 1. The van der Waals surface area contributed by atoms with Crippen LogP contribution in [0.5, 0.6) is 0 Å². The van der Waals surface area contributed by atoms with E-state index in [2.05, 4.69) is 15.9 Å². The zero-order valence-corrected chi connectivity index (χ0v) is 16.2. The summed E-state index contributed by atoms with van der Waals surface area (Å²) in [6.07, 6.45) is 3.24. The number of nitrogens with zero attached hydrogens (tertiary/aromatic N) is 2. The quantitative estimate of drug-likeness (QED) is 0.374. The lowest BCUT2D eigenvalue weighted by molar-refractivity contribution is -0.168. The number of furan rings is 1. The average Bonchev–Trinajstić information content (AvgIpc) is 3.31. The summed E-state index contributed by atoms with van der Waals surface area (Å²) in [6.45, 7) is 0. The highest BCUT2D eigenvalue weighted by Crippen LogP contribution is 2.41. The Morgan fingerprint density at radius 3 is 2.46 bits per heavy atom. The Hall–Kier alpha value is -3.16. The highest BCUT2D eigenvalue weighted by molar-refractivity contribution is 9.10. The van der Waals surface area contributed by atoms with Crippen LogP contribution in [0, 0.1) is 0 Å². The van der Waals surface area contributed by atoms with Crippen LogP contribution in [0.25, 0.3) is 33.0 Å². The van der Waals surface area contributed by atoms with E-state index in [-0.39, 0.29) is 16.2 Å². The second-order valence-corrected chi connectivity index (χ2v) is 7.55. The van der Waals surface area contributed by atoms with Gasteiger partial charge in [-0.25, -0.2) is 0 Å². The van der Waals surface area contributed by atoms with Crippen molar-refractivity contribution in [3.63, 3.8) is 0 Å². The Kier molecular flexibility index (Phi) is 3.59. The third-order valence-electron chi connectivity index (χ3n) is 5.04. The number of para-hydroxylation sites is 1. The van der Waals surface area contributed by atoms with Gasteiger partial charge in [0.15, 0.2) is 0 Å². The normalized spacial score (nSPS) is 14.9. The molecule has 1 N–H and O–H groups in total. The second kappa shape index (κ2) is 5.92. The van der Waals surface area contributed by atoms with Crippen LogP contribution < -0.4 is 0 Å². The molecule has 1 aliphatic rings. The van der Waals surface area contributed by atoms with Gasteiger partial charge in [0.1, 0.15) is 5.58 Å². The molecule has 0 aliphatic carbocycles. The summed E-state index contributed by atoms with van der Waals surface area (Å²) in [5.74, 6) is -1.51. The van der Waals surface area contributed by atoms with E-state index < -0.39 is 11.8 Å². The van der Waals surface area contributed by atoms with Crippen molar-refractivity contribution in [2.24, 2.45) is 7.05 Å². The summed E-state index contributed by atoms with van der Waals surface area (Å²) < 4.78 is 8.33. The number of amides is 2. The predicted molar refractivity (Wildman–Crippen MR) is 107 cm³/mol. The van der Waals surface area contributed by atoms with Crippen molar-refractivity contribution in [3.05, 3.63) is 70.5 Å². The first-order valence-electron chi connectivity index (χ1n) is 8.51. The van der Waals surface area contributed by atoms with E-state index >= 15 is 0 Å². The van der Waals surface area contributed by atoms with E-state index in [1.807, 2.05) is 48.0 Å². The maximum absolute atomic E-state index is 12.8. The molecule has 0 unspecified atom stereocenters. The van der Waals surface area contributed by atoms with E-state index in [9.17, 15) is 14.8 Å². The molecule has 6 nitrogen and oxygen atoms in total. The number of halogens is 1. The number of hydroxylamine groups is 2. The van der Waals surface area contributed by atoms with E-state index in [0.717, 1.165) is 15.4 Å². The first-order valence-corrected chi connectivity index (χ1v) is 9.30. The molecule has 3 heterocycles. The second-order valence-electron chi connectivity index (χ2n) is 6.63. The van der Waals surface area contributed by atoms with Crippen molar-refractivity contribution in [1.29, 1.82) is 0 Å². The van der Waals surface area contributed by atoms with Crippen LogP contribution in [0.4, 0.5) is 0 Å². The summed E-state index contributed by atoms with van der Waals surface area (Å²) in [6, 6.07) is 13.0. The number of carbonyl (C=O) groups excluding carboxylic acids is 2. The van der Waals surface area contributed by atoms with Crippen LogP contribution in [-0.2, 0) is 16.6 Å². The minimum atomic E-state index is -0.765. The fourth-order valence-corrected chi connectivity index (χ4v) is 4.09. The fraction of sp³-hybridized carbons (Fsp3) is 0.0476. The molecule has 0 spiro atoms. The smallest absolute Gasteiger partial charge is 0.286 e. The molecule has 138 valence electrons. The van der Waals surface area contributed by atoms with Crippen molar-refractivity contribution < 1.29 is 19.2 Å². The van der Waals surface area contributed by atoms with Crippen LogP contribution in [0.3, 0.4) is 0 Å². The van der Waals surface area contributed by atoms with Gasteiger partial charge in [0, 0.05) is 45.1 Å². The third-order valence-corrected chi connectivity index (χ3v) is 5.53. The van der Waals surface area contributed by atoms with Crippen LogP contribution >= 0.6 is 15.9 Å². The molecule has 0 atom stereocenters. The monoisotopic (exact) mass is 436 g/mol. The van der Waals surface area contributed by atoms with E-state index in [4.69, 9.17) is 4.42 Å². The number of rotatable bonds is 2. The lowest BCUT2D eigenvalue weighted by Gasteiger charge is -2.03. The van der Waals surface area contributed by atoms with Gasteiger partial charge < -0.3 is 8.98 Å². The van der Waals surface area contributed by atoms with Gasteiger partial charge >= 0.3 is 0 Å². The SMILES string of the molecule is Cn1cc(C2=C(c3coc4cc(Br)ccc34)C(=O)N(O)C2=O)c2ccccc21. The summed E-state index contributed by atoms with van der Waals surface area (Å²) in [5, 5.41) is 11.8. The number of benzene rings is 2. The molecule has 0 bridgehead atoms. The van der Waals surface area contributed by atoms with Gasteiger partial charge in [-0.1, -0.05) is 34.1 Å². The Balaban J connectivity index is 1.86. The Labute approximate surface area is 167 Å². The number of carbonyl (C=O) groups is 2. The Bertz CT molecular complexity index is 1350. The highest BCUT2D eigenvalue weighted by atomic mass is 79.9. The predicted octanol–water partition coefficient (Wildman–Crippen LogP) is 4.36. The third kappa shape index (κ3) is 2.23. The lowest BCUT2D eigenvalue weighted by atomic mass is 9.95. The van der Waals surface area contributed by atoms with Gasteiger partial charge in [-0.2, -0.15) is 0 Å². The first-order chi connectivity index (χ1) is 13.5. The minimum absolute atomic E-state index is 0.130. The molecular formula is C21H13BrN2O4. The molecule has 0 saturated carbocycles. The topological polar surface area (TPSA) is 75.7 Å². The number of hydrogen-bond acceptors (Lipinski definition) is 4. The van der Waals surface area contributed by atoms with Gasteiger partial charge in [-0.3, -0.25) is 14.8 Å². The molecule has 28 heavy (non-hydrogen) atoms. The number of hydrogen-bond donors (Lipinski definition) is 1. The number of fused-ring (bicyclic) bond motifs is 2. The number of aryl methyl sites for hydroxylation is 1. The van der Waals surface area contributed by atoms with Crippen molar-refractivity contribution in [2.45, 2.75) is 0 Å². The van der Waals surface area contributed by atoms with E-state index in [1.165, 1.54) is 6.26 Å². The van der Waals surface area contributed by atoms with Gasteiger partial charge in [0.2, 0.25) is 0 Å². The zero-order chi connectivity index (χ0) is 19.6. The molecule has 2 aromatic heterocycles. The molecule has 2 amide bonds. The molecule has 5 rings (SSSR count). The van der Waals surface area contributed by atoms with Crippen molar-refractivity contribution >= 4 is 60.8 Å². The molecule has 7 heteroatoms. The molecular weight excluding hydrogens is 424 g/mol. The average molecular weight is 437 g/mol. The lowest BCUT2D eigenvalue weighted by Crippen LogP contribution is -2.27. The largest absolute Gasteiger partial charge is 0.464 e. The van der Waals surface area contributed by atoms with E-state index in [0.29, 0.717) is 22.1 Å². The number of imide groups is 1. The standard InChI is InChI=1S/C21H13BrN2O4/c1-23-9-14(12-4-2-3-5-16(12)23)18-19(21(26)24(27)20(18)25)15-10-28-17-8-11(22)6-7-13(15)17/h2-10,27H,1H3. The molecule has 2 aromatic carbocycles. The molecule has 1 aliphatic heterocycles. The summed E-state index contributed by atoms with van der Waals surface area (Å²) >= 11 is 3.39. The molecule has 0 radical (unpaired) electrons. The zero-order valence-electron chi connectivity index (χ0n) is 14.6. The highest BCUT2D eigenvalue weighted by Gasteiger charge is 2.41. The Morgan fingerprint density at radius 2 is 1.68 bits per heavy atom. The van der Waals surface area contributed by atoms with Gasteiger partial charge in [-0.05, 0) is 24.3 Å². The summed E-state index contributed by atoms with van der Waals surface area (Å²) in [4.78, 5) is 25.6. The molecule has 0 saturated heterocycles. The van der Waals surface area contributed by atoms with Gasteiger partial charge in [0.05, 0.1) is 17.4 Å². The molecule has 4 aromatic rings. The van der Waals surface area contributed by atoms with Crippen molar-refractivity contribution in [1.82, 2.24) is 9.63 Å². The van der Waals surface area contributed by atoms with Crippen LogP contribution in [0.15, 0.2) is 63.8 Å². The van der Waals surface area contributed by atoms with Gasteiger partial charge in [-0.15, -0.1) is 5.06 Å². The first kappa shape index (κ1) is 17.0. The van der Waals surface area contributed by atoms with E-state index in [1.54, 1.807) is 12.3 Å². The maximum Gasteiger partial charge on any atom is 0.286 e. The van der Waals surface area contributed by atoms with Gasteiger partial charge in [0.25, 0.3) is 11.8 Å². The fourth-order valence-electron chi connectivity index (χ4n) is 3.75. The summed E-state index contributed by atoms with van der Waals surface area (Å²) in [5.41, 5.74) is 2.85. The van der Waals surface area contributed by atoms with Crippen molar-refractivity contribution in [2.75, 3.05) is 0 Å². The minimum Gasteiger partial charge on any atom is -0.464 e. The van der Waals surface area contributed by atoms with Crippen molar-refractivity contribution in [3.8, 4) is 0 Å². The summed E-state index contributed by atoms with van der Waals surface area (Å²) in [7, 11) is 1.87. The van der Waals surface area contributed by atoms with Crippen LogP contribution in [0.1, 0.15) is 11.1 Å². The molecule has 0 fully saturated rings.